The maximum atomic E-state index is 14.2. The SMILES string of the molecule is CN1C(CC(F)=CCCN)C(=O)OC(c2ccccc2)C1c1ccccc1. The lowest BCUT2D eigenvalue weighted by Crippen LogP contribution is -2.49. The average Bonchev–Trinajstić information content (AvgIpc) is 2.70. The highest BCUT2D eigenvalue weighted by Crippen LogP contribution is 2.42. The maximum absolute atomic E-state index is 14.2. The lowest BCUT2D eigenvalue weighted by Gasteiger charge is -2.43. The molecule has 4 nitrogen and oxygen atoms in total. The molecule has 3 rings (SSSR count). The number of benzene rings is 2. The fourth-order valence-electron chi connectivity index (χ4n) is 3.53. The highest BCUT2D eigenvalue weighted by Gasteiger charge is 2.43. The Kier molecular flexibility index (Phi) is 6.37. The predicted molar refractivity (Wildman–Crippen MR) is 103 cm³/mol. The molecular formula is C22H25FN2O2. The summed E-state index contributed by atoms with van der Waals surface area (Å²) in [5.41, 5.74) is 7.38. The van der Waals surface area contributed by atoms with Gasteiger partial charge in [-0.3, -0.25) is 9.69 Å². The van der Waals surface area contributed by atoms with Gasteiger partial charge in [-0.15, -0.1) is 0 Å². The van der Waals surface area contributed by atoms with Crippen LogP contribution in [0.2, 0.25) is 0 Å². The van der Waals surface area contributed by atoms with E-state index in [1.165, 1.54) is 6.08 Å². The number of carbonyl (C=O) groups excluding carboxylic acids is 1. The van der Waals surface area contributed by atoms with Crippen LogP contribution in [0.4, 0.5) is 4.39 Å². The van der Waals surface area contributed by atoms with Gasteiger partial charge < -0.3 is 10.5 Å². The van der Waals surface area contributed by atoms with Gasteiger partial charge in [0.1, 0.15) is 12.1 Å². The molecule has 0 bridgehead atoms. The van der Waals surface area contributed by atoms with Gasteiger partial charge in [0.15, 0.2) is 0 Å². The standard InChI is InChI=1S/C22H25FN2O2/c1-25-19(15-18(23)13-8-14-24)22(26)27-21(17-11-6-3-7-12-17)20(25)16-9-4-2-5-10-16/h2-7,9-13,19-21H,8,14-15,24H2,1H3. The van der Waals surface area contributed by atoms with Crippen molar-refractivity contribution >= 4 is 5.97 Å². The van der Waals surface area contributed by atoms with E-state index in [1.807, 2.05) is 72.6 Å². The number of esters is 1. The molecule has 1 heterocycles. The third-order valence-corrected chi connectivity index (χ3v) is 4.92. The van der Waals surface area contributed by atoms with Gasteiger partial charge >= 0.3 is 5.97 Å². The van der Waals surface area contributed by atoms with Crippen molar-refractivity contribution in [3.8, 4) is 0 Å². The minimum Gasteiger partial charge on any atom is -0.454 e. The molecule has 3 atom stereocenters. The number of hydrogen-bond acceptors (Lipinski definition) is 4. The second kappa shape index (κ2) is 8.93. The Balaban J connectivity index is 1.93. The monoisotopic (exact) mass is 368 g/mol. The molecule has 1 aliphatic rings. The van der Waals surface area contributed by atoms with E-state index in [-0.39, 0.29) is 18.3 Å². The first-order valence-corrected chi connectivity index (χ1v) is 9.18. The summed E-state index contributed by atoms with van der Waals surface area (Å²) in [6.45, 7) is 0.376. The van der Waals surface area contributed by atoms with Crippen LogP contribution in [-0.2, 0) is 9.53 Å². The third-order valence-electron chi connectivity index (χ3n) is 4.92. The molecule has 0 aliphatic carbocycles. The summed E-state index contributed by atoms with van der Waals surface area (Å²) in [5, 5.41) is 0. The van der Waals surface area contributed by atoms with Gasteiger partial charge in [0.05, 0.1) is 11.9 Å². The summed E-state index contributed by atoms with van der Waals surface area (Å²) < 4.78 is 20.1. The van der Waals surface area contributed by atoms with Crippen molar-refractivity contribution in [2.75, 3.05) is 13.6 Å². The van der Waals surface area contributed by atoms with Crippen LogP contribution in [0.5, 0.6) is 0 Å². The molecule has 2 aromatic carbocycles. The molecule has 0 spiro atoms. The van der Waals surface area contributed by atoms with Crippen molar-refractivity contribution in [3.63, 3.8) is 0 Å². The Morgan fingerprint density at radius 1 is 1.11 bits per heavy atom. The number of ether oxygens (including phenoxy) is 1. The smallest absolute Gasteiger partial charge is 0.324 e. The van der Waals surface area contributed by atoms with E-state index >= 15 is 0 Å². The van der Waals surface area contributed by atoms with Crippen molar-refractivity contribution in [2.45, 2.75) is 31.0 Å². The van der Waals surface area contributed by atoms with Crippen molar-refractivity contribution in [2.24, 2.45) is 5.73 Å². The Labute approximate surface area is 159 Å². The van der Waals surface area contributed by atoms with Gasteiger partial charge in [-0.05, 0) is 31.1 Å². The van der Waals surface area contributed by atoms with Crippen molar-refractivity contribution < 1.29 is 13.9 Å². The summed E-state index contributed by atoms with van der Waals surface area (Å²) in [6, 6.07) is 18.7. The normalized spacial score (nSPS) is 23.9. The molecule has 0 radical (unpaired) electrons. The Morgan fingerprint density at radius 2 is 1.70 bits per heavy atom. The second-order valence-electron chi connectivity index (χ2n) is 6.74. The van der Waals surface area contributed by atoms with Gasteiger partial charge in [0.25, 0.3) is 0 Å². The summed E-state index contributed by atoms with van der Waals surface area (Å²) in [7, 11) is 1.86. The van der Waals surface area contributed by atoms with Crippen LogP contribution in [0.15, 0.2) is 72.6 Å². The molecule has 1 saturated heterocycles. The zero-order valence-electron chi connectivity index (χ0n) is 15.4. The number of carbonyl (C=O) groups is 1. The van der Waals surface area contributed by atoms with E-state index in [1.54, 1.807) is 0 Å². The zero-order chi connectivity index (χ0) is 19.2. The number of halogens is 1. The first kappa shape index (κ1) is 19.3. The second-order valence-corrected chi connectivity index (χ2v) is 6.74. The molecule has 27 heavy (non-hydrogen) atoms. The molecule has 2 N–H and O–H groups in total. The molecule has 5 heteroatoms. The maximum Gasteiger partial charge on any atom is 0.324 e. The zero-order valence-corrected chi connectivity index (χ0v) is 15.4. The highest BCUT2D eigenvalue weighted by molar-refractivity contribution is 5.77. The fourth-order valence-corrected chi connectivity index (χ4v) is 3.53. The van der Waals surface area contributed by atoms with Gasteiger partial charge in [-0.2, -0.15) is 0 Å². The molecule has 1 aliphatic heterocycles. The van der Waals surface area contributed by atoms with Gasteiger partial charge in [-0.1, -0.05) is 66.7 Å². The first-order chi connectivity index (χ1) is 13.1. The third kappa shape index (κ3) is 4.43. The van der Waals surface area contributed by atoms with Crippen molar-refractivity contribution in [3.05, 3.63) is 83.7 Å². The molecule has 3 unspecified atom stereocenters. The van der Waals surface area contributed by atoms with Crippen LogP contribution >= 0.6 is 0 Å². The Bertz CT molecular complexity index is 779. The van der Waals surface area contributed by atoms with Gasteiger partial charge in [-0.25, -0.2) is 4.39 Å². The van der Waals surface area contributed by atoms with E-state index in [4.69, 9.17) is 10.5 Å². The predicted octanol–water partition coefficient (Wildman–Crippen LogP) is 3.92. The Hall–Kier alpha value is -2.50. The van der Waals surface area contributed by atoms with E-state index in [0.717, 1.165) is 11.1 Å². The topological polar surface area (TPSA) is 55.6 Å². The summed E-state index contributed by atoms with van der Waals surface area (Å²) in [4.78, 5) is 14.6. The highest BCUT2D eigenvalue weighted by atomic mass is 19.1. The number of cyclic esters (lactones) is 1. The minimum absolute atomic E-state index is 0.0137. The first-order valence-electron chi connectivity index (χ1n) is 9.18. The van der Waals surface area contributed by atoms with Crippen LogP contribution in [-0.4, -0.2) is 30.5 Å². The summed E-state index contributed by atoms with van der Waals surface area (Å²) in [5.74, 6) is -0.742. The van der Waals surface area contributed by atoms with Crippen LogP contribution in [0.25, 0.3) is 0 Å². The quantitative estimate of drug-likeness (QED) is 0.785. The van der Waals surface area contributed by atoms with E-state index in [0.29, 0.717) is 13.0 Å². The molecule has 0 saturated carbocycles. The van der Waals surface area contributed by atoms with Crippen LogP contribution in [0, 0.1) is 0 Å². The van der Waals surface area contributed by atoms with E-state index in [9.17, 15) is 9.18 Å². The number of nitrogens with zero attached hydrogens (tertiary/aromatic N) is 1. The molecule has 0 amide bonds. The van der Waals surface area contributed by atoms with Crippen LogP contribution in [0.3, 0.4) is 0 Å². The number of likely N-dealkylation sites (N-methyl/N-ethyl adjacent to an activating group) is 1. The van der Waals surface area contributed by atoms with Crippen LogP contribution in [0.1, 0.15) is 36.1 Å². The number of nitrogens with two attached hydrogens (primary N) is 1. The lowest BCUT2D eigenvalue weighted by atomic mass is 9.91. The molecule has 0 aromatic heterocycles. The molecular weight excluding hydrogens is 343 g/mol. The Morgan fingerprint density at radius 3 is 2.30 bits per heavy atom. The minimum atomic E-state index is -0.677. The largest absolute Gasteiger partial charge is 0.454 e. The van der Waals surface area contributed by atoms with E-state index < -0.39 is 18.1 Å². The average molecular weight is 368 g/mol. The number of morpholine rings is 1. The lowest BCUT2D eigenvalue weighted by molar-refractivity contribution is -0.173. The molecule has 2 aromatic rings. The summed E-state index contributed by atoms with van der Waals surface area (Å²) in [6.07, 6.45) is 1.44. The fraction of sp³-hybridized carbons (Fsp3) is 0.318. The van der Waals surface area contributed by atoms with Crippen molar-refractivity contribution in [1.82, 2.24) is 4.90 Å². The summed E-state index contributed by atoms with van der Waals surface area (Å²) >= 11 is 0. The molecule has 1 fully saturated rings. The number of rotatable bonds is 6. The van der Waals surface area contributed by atoms with Gasteiger partial charge in [0, 0.05) is 6.42 Å². The molecule has 142 valence electrons. The van der Waals surface area contributed by atoms with Gasteiger partial charge in [0.2, 0.25) is 0 Å². The van der Waals surface area contributed by atoms with Crippen molar-refractivity contribution in [1.29, 1.82) is 0 Å². The van der Waals surface area contributed by atoms with E-state index in [2.05, 4.69) is 0 Å². The van der Waals surface area contributed by atoms with Crippen LogP contribution < -0.4 is 5.73 Å². The number of hydrogen-bond donors (Lipinski definition) is 1.